The number of aliphatic hydroxyl groups excluding tert-OH is 1. The minimum absolute atomic E-state index is 0.204. The van der Waals surface area contributed by atoms with Gasteiger partial charge in [0, 0.05) is 58.5 Å². The number of ether oxygens (including phenoxy) is 1. The maximum Gasteiger partial charge on any atom is 0.272 e. The zero-order valence-corrected chi connectivity index (χ0v) is 25.4. The number of benzene rings is 2. The summed E-state index contributed by atoms with van der Waals surface area (Å²) < 4.78 is 8.70. The van der Waals surface area contributed by atoms with Crippen LogP contribution in [0.15, 0.2) is 66.2 Å². The molecule has 0 spiro atoms. The average molecular weight is 596 g/mol. The van der Waals surface area contributed by atoms with Crippen molar-refractivity contribution >= 4 is 55.8 Å². The lowest BCUT2D eigenvalue weighted by Crippen LogP contribution is -2.34. The minimum Gasteiger partial charge on any atom is -0.495 e. The molecule has 9 heteroatoms. The number of anilines is 2. The van der Waals surface area contributed by atoms with Crippen LogP contribution < -0.4 is 15.8 Å². The third kappa shape index (κ3) is 5.88. The summed E-state index contributed by atoms with van der Waals surface area (Å²) in [5.74, 6) is 1.49. The highest BCUT2D eigenvalue weighted by molar-refractivity contribution is 7.18. The number of aliphatic hydroxyl groups is 1. The van der Waals surface area contributed by atoms with E-state index in [4.69, 9.17) is 10.5 Å². The first-order valence-electron chi connectivity index (χ1n) is 14.7. The summed E-state index contributed by atoms with van der Waals surface area (Å²) in [5, 5.41) is 16.3. The first-order valence-corrected chi connectivity index (χ1v) is 15.5. The number of carbonyl (C=O) groups is 1. The number of hydrogen-bond donors (Lipinski definition) is 3. The van der Waals surface area contributed by atoms with Gasteiger partial charge in [-0.3, -0.25) is 9.69 Å². The number of pyridine rings is 1. The molecule has 0 bridgehead atoms. The molecule has 0 radical (unpaired) electrons. The largest absolute Gasteiger partial charge is 0.495 e. The van der Waals surface area contributed by atoms with E-state index in [0.29, 0.717) is 28.9 Å². The Kier molecular flexibility index (Phi) is 8.47. The number of methoxy groups -OCH3 is 1. The first kappa shape index (κ1) is 28.9. The molecule has 1 fully saturated rings. The van der Waals surface area contributed by atoms with Gasteiger partial charge < -0.3 is 25.5 Å². The van der Waals surface area contributed by atoms with Crippen molar-refractivity contribution in [1.82, 2.24) is 14.5 Å². The predicted octanol–water partition coefficient (Wildman–Crippen LogP) is 6.41. The highest BCUT2D eigenvalue weighted by Crippen LogP contribution is 2.41. The number of amides is 1. The molecule has 0 atom stereocenters. The number of aryl methyl sites for hydroxylation is 1. The van der Waals surface area contributed by atoms with E-state index in [1.807, 2.05) is 66.3 Å². The van der Waals surface area contributed by atoms with E-state index >= 15 is 0 Å². The second-order valence-electron chi connectivity index (χ2n) is 11.1. The molecule has 43 heavy (non-hydrogen) atoms. The molecule has 0 saturated carbocycles. The van der Waals surface area contributed by atoms with Gasteiger partial charge in [-0.15, -0.1) is 11.3 Å². The summed E-state index contributed by atoms with van der Waals surface area (Å²) >= 11 is 1.65. The molecule has 1 saturated heterocycles. The van der Waals surface area contributed by atoms with Gasteiger partial charge in [-0.25, -0.2) is 4.98 Å². The van der Waals surface area contributed by atoms with Gasteiger partial charge in [0.1, 0.15) is 17.3 Å². The Labute approximate surface area is 255 Å². The van der Waals surface area contributed by atoms with Crippen molar-refractivity contribution in [2.24, 2.45) is 13.0 Å². The van der Waals surface area contributed by atoms with Crippen molar-refractivity contribution in [1.29, 1.82) is 0 Å². The maximum atomic E-state index is 13.2. The molecule has 1 aliphatic rings. The molecular formula is C34H37N5O3S. The topological polar surface area (TPSA) is 106 Å². The first-order chi connectivity index (χ1) is 21.0. The molecule has 5 aromatic rings. The van der Waals surface area contributed by atoms with Crippen LogP contribution in [0.3, 0.4) is 0 Å². The van der Waals surface area contributed by atoms with Crippen LogP contribution in [0, 0.1) is 5.92 Å². The van der Waals surface area contributed by atoms with Gasteiger partial charge in [0.15, 0.2) is 0 Å². The zero-order chi connectivity index (χ0) is 29.9. The van der Waals surface area contributed by atoms with E-state index in [0.717, 1.165) is 76.6 Å². The van der Waals surface area contributed by atoms with Crippen molar-refractivity contribution in [3.8, 4) is 16.9 Å². The number of nitrogens with one attached hydrogen (secondary N) is 1. The van der Waals surface area contributed by atoms with Gasteiger partial charge in [-0.2, -0.15) is 0 Å². The van der Waals surface area contributed by atoms with Crippen LogP contribution in [0.4, 0.5) is 11.5 Å². The highest BCUT2D eigenvalue weighted by atomic mass is 32.1. The van der Waals surface area contributed by atoms with Crippen molar-refractivity contribution in [3.05, 3.63) is 77.4 Å². The molecule has 8 nitrogen and oxygen atoms in total. The predicted molar refractivity (Wildman–Crippen MR) is 177 cm³/mol. The molecule has 1 amide bonds. The van der Waals surface area contributed by atoms with Gasteiger partial charge >= 0.3 is 0 Å². The Morgan fingerprint density at radius 1 is 1.21 bits per heavy atom. The van der Waals surface area contributed by atoms with Crippen molar-refractivity contribution in [3.63, 3.8) is 0 Å². The molecule has 2 aromatic carbocycles. The highest BCUT2D eigenvalue weighted by Gasteiger charge is 2.19. The zero-order valence-electron chi connectivity index (χ0n) is 24.5. The molecule has 222 valence electrons. The summed E-state index contributed by atoms with van der Waals surface area (Å²) in [4.78, 5) is 20.2. The van der Waals surface area contributed by atoms with E-state index in [-0.39, 0.29) is 12.5 Å². The van der Waals surface area contributed by atoms with Crippen LogP contribution >= 0.6 is 11.3 Å². The molecule has 4 heterocycles. The monoisotopic (exact) mass is 595 g/mol. The number of carbonyl (C=O) groups excluding carboxylic acids is 1. The Balaban J connectivity index is 1.21. The van der Waals surface area contributed by atoms with Gasteiger partial charge in [0.25, 0.3) is 5.91 Å². The number of nitrogens with zero attached hydrogens (tertiary/aromatic N) is 3. The number of aromatic nitrogens is 2. The number of nitrogens with two attached hydrogens (primary N) is 1. The Bertz CT molecular complexity index is 1800. The van der Waals surface area contributed by atoms with Crippen molar-refractivity contribution in [2.45, 2.75) is 19.3 Å². The number of hydrogen-bond acceptors (Lipinski definition) is 7. The summed E-state index contributed by atoms with van der Waals surface area (Å²) in [5.41, 5.74) is 11.5. The summed E-state index contributed by atoms with van der Waals surface area (Å²) in [6.07, 6.45) is 9.38. The summed E-state index contributed by atoms with van der Waals surface area (Å²) in [6, 6.07) is 15.6. The van der Waals surface area contributed by atoms with Crippen molar-refractivity contribution in [2.75, 3.05) is 44.4 Å². The van der Waals surface area contributed by atoms with E-state index in [1.54, 1.807) is 18.4 Å². The third-order valence-electron chi connectivity index (χ3n) is 8.50. The molecule has 3 aromatic heterocycles. The maximum absolute atomic E-state index is 13.2. The molecule has 0 aliphatic carbocycles. The van der Waals surface area contributed by atoms with Gasteiger partial charge in [0.2, 0.25) is 0 Å². The quantitative estimate of drug-likeness (QED) is 0.182. The summed E-state index contributed by atoms with van der Waals surface area (Å²) in [7, 11) is 3.50. The van der Waals surface area contributed by atoms with E-state index in [1.165, 1.54) is 0 Å². The smallest absolute Gasteiger partial charge is 0.272 e. The number of likely N-dealkylation sites (tertiary alicyclic amines) is 1. The fraction of sp³-hybridized carbons (Fsp3) is 0.294. The second kappa shape index (κ2) is 12.6. The number of fused-ring (bicyclic) bond motifs is 2. The van der Waals surface area contributed by atoms with Crippen LogP contribution in [-0.2, 0) is 7.05 Å². The van der Waals surface area contributed by atoms with E-state index < -0.39 is 0 Å². The number of para-hydroxylation sites is 1. The van der Waals surface area contributed by atoms with Crippen LogP contribution in [0.1, 0.15) is 35.3 Å². The van der Waals surface area contributed by atoms with Crippen LogP contribution in [0.25, 0.3) is 38.2 Å². The molecule has 6 rings (SSSR count). The summed E-state index contributed by atoms with van der Waals surface area (Å²) in [6.45, 7) is 3.30. The lowest BCUT2D eigenvalue weighted by Gasteiger charge is -2.30. The fourth-order valence-electron chi connectivity index (χ4n) is 6.04. The standard InChI is InChI=1S/C34H37N5O3S/c1-38-28-8-4-3-6-24(28)18-29(38)34(41)37-27-10-9-23(19-30(27)42-2)26-21-43-32-25(20-36-33(35)31(26)32)7-5-14-39-15-11-22(12-16-39)13-17-40/h3-10,18-22,40H,11-17H2,1-2H3,(H2,35,36)(H,37,41). The normalized spacial score (nSPS) is 14.7. The van der Waals surface area contributed by atoms with Gasteiger partial charge in [-0.1, -0.05) is 36.4 Å². The Morgan fingerprint density at radius 2 is 2.02 bits per heavy atom. The number of rotatable bonds is 9. The number of nitrogen functional groups attached to an aromatic ring is 1. The van der Waals surface area contributed by atoms with Crippen LogP contribution in [0.5, 0.6) is 5.75 Å². The lowest BCUT2D eigenvalue weighted by molar-refractivity contribution is 0.101. The molecule has 4 N–H and O–H groups in total. The second-order valence-corrected chi connectivity index (χ2v) is 12.0. The number of piperidine rings is 1. The number of thiophene rings is 1. The third-order valence-corrected chi connectivity index (χ3v) is 9.53. The SMILES string of the molecule is COc1cc(-c2csc3c(C=CCN4CCC(CCO)CC4)cnc(N)c23)ccc1NC(=O)c1cc2ccccc2n1C. The average Bonchev–Trinajstić information content (AvgIpc) is 3.62. The van der Waals surface area contributed by atoms with E-state index in [2.05, 4.69) is 32.7 Å². The van der Waals surface area contributed by atoms with Crippen molar-refractivity contribution < 1.29 is 14.6 Å². The minimum atomic E-state index is -0.204. The van der Waals surface area contributed by atoms with Crippen LogP contribution in [0.2, 0.25) is 0 Å². The Hall–Kier alpha value is -4.18. The molecular weight excluding hydrogens is 558 g/mol. The molecule has 1 aliphatic heterocycles. The van der Waals surface area contributed by atoms with Gasteiger partial charge in [0.05, 0.1) is 12.8 Å². The molecule has 0 unspecified atom stereocenters. The fourth-order valence-corrected chi connectivity index (χ4v) is 7.12. The Morgan fingerprint density at radius 3 is 2.79 bits per heavy atom. The van der Waals surface area contributed by atoms with E-state index in [9.17, 15) is 9.90 Å². The lowest BCUT2D eigenvalue weighted by atomic mass is 9.94. The van der Waals surface area contributed by atoms with Crippen LogP contribution in [-0.4, -0.2) is 58.8 Å². The van der Waals surface area contributed by atoms with Gasteiger partial charge in [-0.05, 0) is 73.5 Å².